The molecule has 0 unspecified atom stereocenters. The zero-order valence-electron chi connectivity index (χ0n) is 22.5. The van der Waals surface area contributed by atoms with Crippen LogP contribution in [0.2, 0.25) is 0 Å². The Morgan fingerprint density at radius 3 is 2.13 bits per heavy atom. The minimum Gasteiger partial charge on any atom is -0.484 e. The van der Waals surface area contributed by atoms with E-state index in [1.54, 1.807) is 54.6 Å². The maximum absolute atomic E-state index is 13.4. The van der Waals surface area contributed by atoms with Gasteiger partial charge in [-0.1, -0.05) is 44.2 Å². The van der Waals surface area contributed by atoms with Gasteiger partial charge in [0.1, 0.15) is 12.3 Å². The second kappa shape index (κ2) is 13.6. The molecule has 0 aliphatic rings. The van der Waals surface area contributed by atoms with E-state index in [0.717, 1.165) is 9.87 Å². The average Bonchev–Trinajstić information content (AvgIpc) is 2.91. The van der Waals surface area contributed by atoms with Gasteiger partial charge in [0.2, 0.25) is 0 Å². The third-order valence-corrected chi connectivity index (χ3v) is 7.36. The van der Waals surface area contributed by atoms with Crippen LogP contribution in [-0.4, -0.2) is 45.6 Å². The van der Waals surface area contributed by atoms with E-state index >= 15 is 0 Å². The first-order valence-corrected chi connectivity index (χ1v) is 14.0. The number of hydrogen-bond donors (Lipinski definition) is 2. The third kappa shape index (κ3) is 8.68. The van der Waals surface area contributed by atoms with Crippen LogP contribution < -0.4 is 19.8 Å². The maximum Gasteiger partial charge on any atom is 0.264 e. The van der Waals surface area contributed by atoms with Crippen molar-refractivity contribution in [3.8, 4) is 5.75 Å². The van der Waals surface area contributed by atoms with Crippen molar-refractivity contribution >= 4 is 33.7 Å². The van der Waals surface area contributed by atoms with Crippen molar-refractivity contribution in [2.75, 3.05) is 17.5 Å². The lowest BCUT2D eigenvalue weighted by Gasteiger charge is -2.24. The van der Waals surface area contributed by atoms with Gasteiger partial charge in [0.15, 0.2) is 6.61 Å². The van der Waals surface area contributed by atoms with Crippen molar-refractivity contribution < 1.29 is 22.7 Å². The van der Waals surface area contributed by atoms with Gasteiger partial charge >= 0.3 is 0 Å². The minimum absolute atomic E-state index is 0.0332. The Hall–Kier alpha value is -4.18. The summed E-state index contributed by atoms with van der Waals surface area (Å²) in [4.78, 5) is 24.6. The van der Waals surface area contributed by atoms with E-state index in [2.05, 4.69) is 15.8 Å². The predicted molar refractivity (Wildman–Crippen MR) is 152 cm³/mol. The number of sulfonamides is 1. The summed E-state index contributed by atoms with van der Waals surface area (Å²) in [6.45, 7) is 7.28. The number of ether oxygens (including phenoxy) is 1. The summed E-state index contributed by atoms with van der Waals surface area (Å²) in [5.74, 6) is -0.0199. The molecule has 0 heterocycles. The molecule has 0 spiro atoms. The monoisotopic (exact) mass is 550 g/mol. The van der Waals surface area contributed by atoms with Crippen LogP contribution in [0.3, 0.4) is 0 Å². The molecule has 0 bridgehead atoms. The summed E-state index contributed by atoms with van der Waals surface area (Å²) in [7, 11) is -4.00. The lowest BCUT2D eigenvalue weighted by Crippen LogP contribution is -2.39. The van der Waals surface area contributed by atoms with E-state index in [-0.39, 0.29) is 29.4 Å². The van der Waals surface area contributed by atoms with Gasteiger partial charge in [-0.3, -0.25) is 13.9 Å². The Bertz CT molecular complexity index is 1370. The number of benzene rings is 3. The molecular formula is C29H34N4O5S. The molecule has 2 amide bonds. The van der Waals surface area contributed by atoms with Gasteiger partial charge in [-0.15, -0.1) is 0 Å². The SMILES string of the molecule is CC(C)NC(=O)COc1ccc(/C=N\NC(=O)CN(c2ccc(C(C)C)cc2)S(=O)(=O)c2ccccc2)cc1. The highest BCUT2D eigenvalue weighted by molar-refractivity contribution is 7.92. The molecule has 0 radical (unpaired) electrons. The van der Waals surface area contributed by atoms with Crippen molar-refractivity contribution in [2.24, 2.45) is 5.10 Å². The van der Waals surface area contributed by atoms with Crippen LogP contribution in [-0.2, 0) is 19.6 Å². The molecule has 10 heteroatoms. The summed E-state index contributed by atoms with van der Waals surface area (Å²) >= 11 is 0. The molecule has 0 aromatic heterocycles. The Balaban J connectivity index is 1.67. The first-order valence-electron chi connectivity index (χ1n) is 12.6. The number of rotatable bonds is 12. The molecule has 0 aliphatic heterocycles. The Kier molecular flexibility index (Phi) is 10.2. The zero-order chi connectivity index (χ0) is 28.4. The molecule has 3 aromatic rings. The fourth-order valence-electron chi connectivity index (χ4n) is 3.57. The summed E-state index contributed by atoms with van der Waals surface area (Å²) in [5, 5.41) is 6.71. The van der Waals surface area contributed by atoms with Crippen molar-refractivity contribution in [3.05, 3.63) is 90.0 Å². The lowest BCUT2D eigenvalue weighted by molar-refractivity contribution is -0.123. The highest BCUT2D eigenvalue weighted by Crippen LogP contribution is 2.25. The van der Waals surface area contributed by atoms with Crippen molar-refractivity contribution in [1.29, 1.82) is 0 Å². The second-order valence-electron chi connectivity index (χ2n) is 9.44. The number of amides is 2. The number of hydrazone groups is 1. The van der Waals surface area contributed by atoms with Gasteiger partial charge in [0, 0.05) is 6.04 Å². The number of nitrogens with one attached hydrogen (secondary N) is 2. The molecule has 0 saturated heterocycles. The van der Waals surface area contributed by atoms with Crippen LogP contribution in [0.1, 0.15) is 44.7 Å². The van der Waals surface area contributed by atoms with Crippen LogP contribution in [0, 0.1) is 0 Å². The fourth-order valence-corrected chi connectivity index (χ4v) is 5.01. The molecule has 0 saturated carbocycles. The molecule has 0 aliphatic carbocycles. The van der Waals surface area contributed by atoms with Gasteiger partial charge in [-0.05, 0) is 79.4 Å². The molecule has 39 heavy (non-hydrogen) atoms. The minimum atomic E-state index is -4.00. The Labute approximate surface area is 229 Å². The number of nitrogens with zero attached hydrogens (tertiary/aromatic N) is 2. The number of anilines is 1. The average molecular weight is 551 g/mol. The standard InChI is InChI=1S/C29H34N4O5S/c1-21(2)24-12-14-25(15-13-24)33(39(36,37)27-8-6-5-7-9-27)19-28(34)32-30-18-23-10-16-26(17-11-23)38-20-29(35)31-22(3)4/h5-18,21-22H,19-20H2,1-4H3,(H,31,35)(H,32,34)/b30-18-. The molecule has 0 fully saturated rings. The first kappa shape index (κ1) is 29.4. The van der Waals surface area contributed by atoms with E-state index < -0.39 is 22.5 Å². The summed E-state index contributed by atoms with van der Waals surface area (Å²) < 4.78 is 33.4. The van der Waals surface area contributed by atoms with E-state index in [1.165, 1.54) is 18.3 Å². The van der Waals surface area contributed by atoms with Crippen molar-refractivity contribution in [1.82, 2.24) is 10.7 Å². The predicted octanol–water partition coefficient (Wildman–Crippen LogP) is 4.06. The van der Waals surface area contributed by atoms with E-state index in [1.807, 2.05) is 39.8 Å². The summed E-state index contributed by atoms with van der Waals surface area (Å²) in [5.41, 5.74) is 4.50. The molecule has 3 rings (SSSR count). The number of carbonyl (C=O) groups is 2. The fraction of sp³-hybridized carbons (Fsp3) is 0.276. The normalized spacial score (nSPS) is 11.5. The largest absolute Gasteiger partial charge is 0.484 e. The van der Waals surface area contributed by atoms with Crippen LogP contribution in [0.5, 0.6) is 5.75 Å². The van der Waals surface area contributed by atoms with Gasteiger partial charge in [0.25, 0.3) is 21.8 Å². The van der Waals surface area contributed by atoms with Crippen LogP contribution in [0.15, 0.2) is 88.9 Å². The quantitative estimate of drug-likeness (QED) is 0.261. The van der Waals surface area contributed by atoms with E-state index in [4.69, 9.17) is 4.74 Å². The van der Waals surface area contributed by atoms with Crippen molar-refractivity contribution in [2.45, 2.75) is 44.6 Å². The van der Waals surface area contributed by atoms with E-state index in [0.29, 0.717) is 17.0 Å². The molecular weight excluding hydrogens is 516 g/mol. The summed E-state index contributed by atoms with van der Waals surface area (Å²) in [6, 6.07) is 21.9. The highest BCUT2D eigenvalue weighted by Gasteiger charge is 2.27. The van der Waals surface area contributed by atoms with Gasteiger partial charge in [0.05, 0.1) is 16.8 Å². The van der Waals surface area contributed by atoms with Gasteiger partial charge < -0.3 is 10.1 Å². The second-order valence-corrected chi connectivity index (χ2v) is 11.3. The highest BCUT2D eigenvalue weighted by atomic mass is 32.2. The van der Waals surface area contributed by atoms with Crippen LogP contribution >= 0.6 is 0 Å². The van der Waals surface area contributed by atoms with Crippen LogP contribution in [0.25, 0.3) is 0 Å². The Morgan fingerprint density at radius 2 is 1.54 bits per heavy atom. The Morgan fingerprint density at radius 1 is 0.897 bits per heavy atom. The topological polar surface area (TPSA) is 117 Å². The lowest BCUT2D eigenvalue weighted by atomic mass is 10.0. The first-order chi connectivity index (χ1) is 18.6. The van der Waals surface area contributed by atoms with Crippen LogP contribution in [0.4, 0.5) is 5.69 Å². The van der Waals surface area contributed by atoms with Gasteiger partial charge in [-0.25, -0.2) is 13.8 Å². The number of carbonyl (C=O) groups excluding carboxylic acids is 2. The molecule has 2 N–H and O–H groups in total. The van der Waals surface area contributed by atoms with Gasteiger partial charge in [-0.2, -0.15) is 5.10 Å². The molecule has 9 nitrogen and oxygen atoms in total. The van der Waals surface area contributed by atoms with E-state index in [9.17, 15) is 18.0 Å². The smallest absolute Gasteiger partial charge is 0.264 e. The maximum atomic E-state index is 13.4. The van der Waals surface area contributed by atoms with Crippen molar-refractivity contribution in [3.63, 3.8) is 0 Å². The zero-order valence-corrected chi connectivity index (χ0v) is 23.3. The number of hydrogen-bond acceptors (Lipinski definition) is 6. The molecule has 206 valence electrons. The summed E-state index contributed by atoms with van der Waals surface area (Å²) in [6.07, 6.45) is 1.43. The third-order valence-electron chi connectivity index (χ3n) is 5.57. The molecule has 3 aromatic carbocycles. The molecule has 0 atom stereocenters.